The van der Waals surface area contributed by atoms with E-state index in [1.165, 1.54) is 11.1 Å². The van der Waals surface area contributed by atoms with Crippen molar-refractivity contribution in [2.75, 3.05) is 13.2 Å². The third-order valence-corrected chi connectivity index (χ3v) is 3.51. The van der Waals surface area contributed by atoms with Crippen molar-refractivity contribution in [3.8, 4) is 5.75 Å². The average molecular weight is 284 g/mol. The smallest absolute Gasteiger partial charge is 0.124 e. The van der Waals surface area contributed by atoms with E-state index >= 15 is 0 Å². The molecule has 3 nitrogen and oxygen atoms in total. The number of pyridine rings is 1. The summed E-state index contributed by atoms with van der Waals surface area (Å²) in [4.78, 5) is 4.03. The van der Waals surface area contributed by atoms with Crippen molar-refractivity contribution in [3.63, 3.8) is 0 Å². The van der Waals surface area contributed by atoms with Gasteiger partial charge in [-0.05, 0) is 50.1 Å². The van der Waals surface area contributed by atoms with E-state index in [1.807, 2.05) is 18.5 Å². The molecule has 0 saturated carbocycles. The molecule has 0 aliphatic heterocycles. The van der Waals surface area contributed by atoms with E-state index in [2.05, 4.69) is 54.5 Å². The van der Waals surface area contributed by atoms with Crippen molar-refractivity contribution >= 4 is 0 Å². The summed E-state index contributed by atoms with van der Waals surface area (Å²) in [5.41, 5.74) is 2.53. The van der Waals surface area contributed by atoms with Crippen LogP contribution < -0.4 is 10.1 Å². The second-order valence-corrected chi connectivity index (χ2v) is 5.12. The van der Waals surface area contributed by atoms with Crippen LogP contribution >= 0.6 is 0 Å². The summed E-state index contributed by atoms with van der Waals surface area (Å²) < 4.78 is 5.97. The molecule has 1 heterocycles. The van der Waals surface area contributed by atoms with Gasteiger partial charge in [0.1, 0.15) is 5.75 Å². The zero-order chi connectivity index (χ0) is 14.9. The minimum Gasteiger partial charge on any atom is -0.493 e. The zero-order valence-corrected chi connectivity index (χ0v) is 12.9. The predicted octanol–water partition coefficient (Wildman–Crippen LogP) is 3.76. The first-order valence-corrected chi connectivity index (χ1v) is 7.65. The second-order valence-electron chi connectivity index (χ2n) is 5.12. The summed E-state index contributed by atoms with van der Waals surface area (Å²) in [6.07, 6.45) is 5.70. The molecule has 1 N–H and O–H groups in total. The van der Waals surface area contributed by atoms with Gasteiger partial charge in [-0.3, -0.25) is 4.98 Å². The maximum atomic E-state index is 5.97. The van der Waals surface area contributed by atoms with Crippen LogP contribution in [0.4, 0.5) is 0 Å². The SMILES string of the molecule is CCNC(C)c1ccccc1OCCCc1ccncc1. The molecule has 112 valence electrons. The van der Waals surface area contributed by atoms with Crippen LogP contribution in [0.5, 0.6) is 5.75 Å². The Morgan fingerprint density at radius 1 is 1.14 bits per heavy atom. The number of rotatable bonds is 8. The highest BCUT2D eigenvalue weighted by Gasteiger charge is 2.09. The molecule has 0 radical (unpaired) electrons. The van der Waals surface area contributed by atoms with Gasteiger partial charge >= 0.3 is 0 Å². The molecule has 1 aromatic carbocycles. The molecular formula is C18H24N2O. The Morgan fingerprint density at radius 3 is 2.67 bits per heavy atom. The molecule has 21 heavy (non-hydrogen) atoms. The summed E-state index contributed by atoms with van der Waals surface area (Å²) in [6.45, 7) is 5.98. The molecule has 2 rings (SSSR count). The molecule has 0 spiro atoms. The lowest BCUT2D eigenvalue weighted by molar-refractivity contribution is 0.305. The molecule has 0 aliphatic rings. The Morgan fingerprint density at radius 2 is 1.90 bits per heavy atom. The van der Waals surface area contributed by atoms with E-state index in [0.29, 0.717) is 6.04 Å². The molecular weight excluding hydrogens is 260 g/mol. The Kier molecular flexibility index (Phi) is 6.22. The number of hydrogen-bond donors (Lipinski definition) is 1. The zero-order valence-electron chi connectivity index (χ0n) is 12.9. The predicted molar refractivity (Wildman–Crippen MR) is 86.6 cm³/mol. The van der Waals surface area contributed by atoms with Gasteiger partial charge in [0.25, 0.3) is 0 Å². The van der Waals surface area contributed by atoms with Crippen molar-refractivity contribution in [3.05, 3.63) is 59.9 Å². The van der Waals surface area contributed by atoms with Crippen LogP contribution in [0.15, 0.2) is 48.8 Å². The monoisotopic (exact) mass is 284 g/mol. The van der Waals surface area contributed by atoms with Gasteiger partial charge in [-0.25, -0.2) is 0 Å². The number of nitrogens with one attached hydrogen (secondary N) is 1. The van der Waals surface area contributed by atoms with Crippen LogP contribution in [-0.4, -0.2) is 18.1 Å². The Bertz CT molecular complexity index is 528. The summed E-state index contributed by atoms with van der Waals surface area (Å²) in [5.74, 6) is 0.987. The number of ether oxygens (including phenoxy) is 1. The fraction of sp³-hybridized carbons (Fsp3) is 0.389. The Balaban J connectivity index is 1.85. The largest absolute Gasteiger partial charge is 0.493 e. The highest BCUT2D eigenvalue weighted by Crippen LogP contribution is 2.24. The molecule has 1 aromatic heterocycles. The minimum absolute atomic E-state index is 0.311. The number of hydrogen-bond acceptors (Lipinski definition) is 3. The Labute approximate surface area is 127 Å². The van der Waals surface area contributed by atoms with Crippen LogP contribution in [0.25, 0.3) is 0 Å². The number of para-hydroxylation sites is 1. The van der Waals surface area contributed by atoms with E-state index < -0.39 is 0 Å². The molecule has 1 unspecified atom stereocenters. The van der Waals surface area contributed by atoms with Gasteiger partial charge in [-0.1, -0.05) is 25.1 Å². The number of benzene rings is 1. The van der Waals surface area contributed by atoms with Gasteiger partial charge in [0, 0.05) is 24.0 Å². The lowest BCUT2D eigenvalue weighted by Gasteiger charge is -2.17. The topological polar surface area (TPSA) is 34.1 Å². The van der Waals surface area contributed by atoms with E-state index in [1.54, 1.807) is 0 Å². The van der Waals surface area contributed by atoms with Gasteiger partial charge in [-0.15, -0.1) is 0 Å². The van der Waals surface area contributed by atoms with Crippen LogP contribution in [0.1, 0.15) is 37.4 Å². The van der Waals surface area contributed by atoms with E-state index in [0.717, 1.165) is 31.7 Å². The lowest BCUT2D eigenvalue weighted by Crippen LogP contribution is -2.18. The van der Waals surface area contributed by atoms with Gasteiger partial charge in [0.15, 0.2) is 0 Å². The van der Waals surface area contributed by atoms with Crippen molar-refractivity contribution in [2.24, 2.45) is 0 Å². The van der Waals surface area contributed by atoms with Gasteiger partial charge in [0.05, 0.1) is 6.61 Å². The van der Waals surface area contributed by atoms with E-state index in [-0.39, 0.29) is 0 Å². The number of nitrogens with zero attached hydrogens (tertiary/aromatic N) is 1. The van der Waals surface area contributed by atoms with Crippen LogP contribution in [-0.2, 0) is 6.42 Å². The fourth-order valence-corrected chi connectivity index (χ4v) is 2.39. The number of aryl methyl sites for hydroxylation is 1. The summed E-state index contributed by atoms with van der Waals surface area (Å²) in [6, 6.07) is 12.7. The van der Waals surface area contributed by atoms with Gasteiger partial charge in [0.2, 0.25) is 0 Å². The summed E-state index contributed by atoms with van der Waals surface area (Å²) in [5, 5.41) is 3.43. The van der Waals surface area contributed by atoms with Gasteiger partial charge < -0.3 is 10.1 Å². The van der Waals surface area contributed by atoms with Crippen molar-refractivity contribution in [1.82, 2.24) is 10.3 Å². The maximum absolute atomic E-state index is 5.97. The quantitative estimate of drug-likeness (QED) is 0.749. The fourth-order valence-electron chi connectivity index (χ4n) is 2.39. The van der Waals surface area contributed by atoms with Crippen molar-refractivity contribution in [1.29, 1.82) is 0 Å². The molecule has 2 aromatic rings. The van der Waals surface area contributed by atoms with Crippen molar-refractivity contribution < 1.29 is 4.74 Å². The first-order valence-electron chi connectivity index (χ1n) is 7.65. The highest BCUT2D eigenvalue weighted by atomic mass is 16.5. The minimum atomic E-state index is 0.311. The van der Waals surface area contributed by atoms with E-state index in [4.69, 9.17) is 4.74 Å². The molecule has 3 heteroatoms. The molecule has 0 aliphatic carbocycles. The lowest BCUT2D eigenvalue weighted by atomic mass is 10.1. The highest BCUT2D eigenvalue weighted by molar-refractivity contribution is 5.35. The standard InChI is InChI=1S/C18H24N2O/c1-3-20-15(2)17-8-4-5-9-18(17)21-14-6-7-16-10-12-19-13-11-16/h4-5,8-13,15,20H,3,6-7,14H2,1-2H3. The molecule has 1 atom stereocenters. The second kappa shape index (κ2) is 8.42. The summed E-state index contributed by atoms with van der Waals surface area (Å²) in [7, 11) is 0. The van der Waals surface area contributed by atoms with Crippen LogP contribution in [0, 0.1) is 0 Å². The first kappa shape index (κ1) is 15.5. The molecule has 0 fully saturated rings. The summed E-state index contributed by atoms with van der Waals surface area (Å²) >= 11 is 0. The molecule has 0 saturated heterocycles. The first-order chi connectivity index (χ1) is 10.3. The van der Waals surface area contributed by atoms with Crippen LogP contribution in [0.2, 0.25) is 0 Å². The Hall–Kier alpha value is -1.87. The normalized spacial score (nSPS) is 12.1. The van der Waals surface area contributed by atoms with E-state index in [9.17, 15) is 0 Å². The van der Waals surface area contributed by atoms with Crippen molar-refractivity contribution in [2.45, 2.75) is 32.7 Å². The number of aromatic nitrogens is 1. The third kappa shape index (κ3) is 4.87. The average Bonchev–Trinajstić information content (AvgIpc) is 2.53. The molecule has 0 bridgehead atoms. The third-order valence-electron chi connectivity index (χ3n) is 3.51. The van der Waals surface area contributed by atoms with Gasteiger partial charge in [-0.2, -0.15) is 0 Å². The molecule has 0 amide bonds. The van der Waals surface area contributed by atoms with Crippen LogP contribution in [0.3, 0.4) is 0 Å². The maximum Gasteiger partial charge on any atom is 0.124 e.